The van der Waals surface area contributed by atoms with E-state index in [9.17, 15) is 14.7 Å². The van der Waals surface area contributed by atoms with Gasteiger partial charge < -0.3 is 15.2 Å². The molecule has 0 saturated carbocycles. The van der Waals surface area contributed by atoms with Crippen LogP contribution in [0.4, 0.5) is 5.69 Å². The predicted molar refractivity (Wildman–Crippen MR) is 78.6 cm³/mol. The van der Waals surface area contributed by atoms with Gasteiger partial charge in [0.2, 0.25) is 0 Å². The maximum atomic E-state index is 12.1. The van der Waals surface area contributed by atoms with Crippen molar-refractivity contribution >= 4 is 17.6 Å². The zero-order chi connectivity index (χ0) is 15.4. The molecule has 0 aliphatic heterocycles. The minimum Gasteiger partial charge on any atom is -0.506 e. The van der Waals surface area contributed by atoms with Gasteiger partial charge in [-0.2, -0.15) is 0 Å². The predicted octanol–water partition coefficient (Wildman–Crippen LogP) is 2.74. The van der Waals surface area contributed by atoms with Crippen LogP contribution in [-0.2, 0) is 4.74 Å². The molecule has 0 spiro atoms. The van der Waals surface area contributed by atoms with Gasteiger partial charge in [-0.05, 0) is 37.3 Å². The number of amides is 1. The van der Waals surface area contributed by atoms with Crippen molar-refractivity contribution in [2.24, 2.45) is 0 Å². The van der Waals surface area contributed by atoms with Gasteiger partial charge in [-0.1, -0.05) is 17.7 Å². The highest BCUT2D eigenvalue weighted by molar-refractivity contribution is 6.05. The van der Waals surface area contributed by atoms with E-state index in [0.29, 0.717) is 5.56 Å². The Bertz CT molecular complexity index is 694. The van der Waals surface area contributed by atoms with E-state index in [-0.39, 0.29) is 22.9 Å². The van der Waals surface area contributed by atoms with Gasteiger partial charge in [0.15, 0.2) is 0 Å². The highest BCUT2D eigenvalue weighted by Crippen LogP contribution is 2.25. The smallest absolute Gasteiger partial charge is 0.337 e. The van der Waals surface area contributed by atoms with E-state index >= 15 is 0 Å². The van der Waals surface area contributed by atoms with Crippen molar-refractivity contribution in [2.75, 3.05) is 12.4 Å². The number of esters is 1. The van der Waals surface area contributed by atoms with E-state index in [1.165, 1.54) is 25.3 Å². The fourth-order valence-electron chi connectivity index (χ4n) is 1.86. The molecule has 1 amide bonds. The molecule has 2 rings (SSSR count). The molecule has 2 aromatic carbocycles. The number of carbonyl (C=O) groups is 2. The molecule has 108 valence electrons. The van der Waals surface area contributed by atoms with Gasteiger partial charge in [0.25, 0.3) is 5.91 Å². The third-order valence-electron chi connectivity index (χ3n) is 2.95. The van der Waals surface area contributed by atoms with E-state index in [0.717, 1.165) is 5.56 Å². The van der Waals surface area contributed by atoms with E-state index < -0.39 is 5.97 Å². The maximum absolute atomic E-state index is 12.1. The van der Waals surface area contributed by atoms with Gasteiger partial charge in [0.1, 0.15) is 5.75 Å². The summed E-state index contributed by atoms with van der Waals surface area (Å²) in [7, 11) is 1.26. The Kier molecular flexibility index (Phi) is 4.23. The van der Waals surface area contributed by atoms with Crippen LogP contribution in [0.5, 0.6) is 5.75 Å². The summed E-state index contributed by atoms with van der Waals surface area (Å²) in [6.07, 6.45) is 0. The van der Waals surface area contributed by atoms with Crippen molar-refractivity contribution in [3.05, 3.63) is 59.2 Å². The Morgan fingerprint density at radius 1 is 1.10 bits per heavy atom. The van der Waals surface area contributed by atoms with Gasteiger partial charge in [-0.15, -0.1) is 0 Å². The molecular formula is C16H15NO4. The summed E-state index contributed by atoms with van der Waals surface area (Å²) in [5.74, 6) is -1.08. The van der Waals surface area contributed by atoms with Crippen LogP contribution in [0.3, 0.4) is 0 Å². The molecule has 0 bridgehead atoms. The number of carbonyl (C=O) groups excluding carboxylic acids is 2. The van der Waals surface area contributed by atoms with Crippen LogP contribution in [0.2, 0.25) is 0 Å². The topological polar surface area (TPSA) is 75.6 Å². The number of benzene rings is 2. The third kappa shape index (κ3) is 3.39. The number of phenols is 1. The molecule has 2 N–H and O–H groups in total. The van der Waals surface area contributed by atoms with Gasteiger partial charge >= 0.3 is 5.97 Å². The molecule has 0 fully saturated rings. The SMILES string of the molecule is COC(=O)c1ccc(NC(=O)c2cccc(C)c2)c(O)c1. The van der Waals surface area contributed by atoms with Crippen molar-refractivity contribution < 1.29 is 19.4 Å². The second kappa shape index (κ2) is 6.09. The number of anilines is 1. The summed E-state index contributed by atoms with van der Waals surface area (Å²) in [6.45, 7) is 1.89. The fraction of sp³-hybridized carbons (Fsp3) is 0.125. The monoisotopic (exact) mass is 285 g/mol. The highest BCUT2D eigenvalue weighted by Gasteiger charge is 2.12. The minimum absolute atomic E-state index is 0.195. The van der Waals surface area contributed by atoms with Crippen molar-refractivity contribution in [2.45, 2.75) is 6.92 Å². The summed E-state index contributed by atoms with van der Waals surface area (Å²) in [4.78, 5) is 23.4. The summed E-state index contributed by atoms with van der Waals surface area (Å²) in [5.41, 5.74) is 1.90. The van der Waals surface area contributed by atoms with Gasteiger partial charge in [0.05, 0.1) is 18.4 Å². The molecule has 5 heteroatoms. The molecule has 0 atom stereocenters. The first-order valence-corrected chi connectivity index (χ1v) is 6.30. The van der Waals surface area contributed by atoms with E-state index in [2.05, 4.69) is 10.1 Å². The summed E-state index contributed by atoms with van der Waals surface area (Å²) in [6, 6.07) is 11.3. The van der Waals surface area contributed by atoms with Crippen molar-refractivity contribution in [1.82, 2.24) is 0 Å². The number of aromatic hydroxyl groups is 1. The van der Waals surface area contributed by atoms with Crippen LogP contribution >= 0.6 is 0 Å². The summed E-state index contributed by atoms with van der Waals surface area (Å²) < 4.78 is 4.56. The Balaban J connectivity index is 2.20. The van der Waals surface area contributed by atoms with Crippen LogP contribution in [0.15, 0.2) is 42.5 Å². The molecule has 0 radical (unpaired) electrons. The number of aryl methyl sites for hydroxylation is 1. The zero-order valence-corrected chi connectivity index (χ0v) is 11.7. The molecule has 0 heterocycles. The van der Waals surface area contributed by atoms with Crippen LogP contribution in [-0.4, -0.2) is 24.1 Å². The van der Waals surface area contributed by atoms with Gasteiger partial charge in [-0.3, -0.25) is 4.79 Å². The van der Waals surface area contributed by atoms with Crippen molar-refractivity contribution in [3.63, 3.8) is 0 Å². The van der Waals surface area contributed by atoms with Crippen LogP contribution in [0.25, 0.3) is 0 Å². The first-order valence-electron chi connectivity index (χ1n) is 6.30. The molecule has 0 aromatic heterocycles. The quantitative estimate of drug-likeness (QED) is 0.671. The average molecular weight is 285 g/mol. The molecule has 0 saturated heterocycles. The Labute approximate surface area is 122 Å². The lowest BCUT2D eigenvalue weighted by Crippen LogP contribution is -2.12. The lowest BCUT2D eigenvalue weighted by Gasteiger charge is -2.09. The van der Waals surface area contributed by atoms with Crippen LogP contribution in [0, 0.1) is 6.92 Å². The second-order valence-corrected chi connectivity index (χ2v) is 4.55. The normalized spacial score (nSPS) is 10.0. The number of phenolic OH excluding ortho intramolecular Hbond substituents is 1. The number of nitrogens with one attached hydrogen (secondary N) is 1. The zero-order valence-electron chi connectivity index (χ0n) is 11.7. The van der Waals surface area contributed by atoms with Crippen molar-refractivity contribution in [1.29, 1.82) is 0 Å². The highest BCUT2D eigenvalue weighted by atomic mass is 16.5. The van der Waals surface area contributed by atoms with E-state index in [4.69, 9.17) is 0 Å². The fourth-order valence-corrected chi connectivity index (χ4v) is 1.86. The lowest BCUT2D eigenvalue weighted by molar-refractivity contribution is 0.0600. The Morgan fingerprint density at radius 2 is 1.86 bits per heavy atom. The maximum Gasteiger partial charge on any atom is 0.337 e. The lowest BCUT2D eigenvalue weighted by atomic mass is 10.1. The number of hydrogen-bond acceptors (Lipinski definition) is 4. The molecule has 2 aromatic rings. The molecule has 0 aliphatic rings. The van der Waals surface area contributed by atoms with Crippen LogP contribution in [0.1, 0.15) is 26.3 Å². The van der Waals surface area contributed by atoms with E-state index in [1.54, 1.807) is 18.2 Å². The number of methoxy groups -OCH3 is 1. The number of rotatable bonds is 3. The Hall–Kier alpha value is -2.82. The van der Waals surface area contributed by atoms with Crippen molar-refractivity contribution in [3.8, 4) is 5.75 Å². The second-order valence-electron chi connectivity index (χ2n) is 4.55. The van der Waals surface area contributed by atoms with Gasteiger partial charge in [-0.25, -0.2) is 4.79 Å². The van der Waals surface area contributed by atoms with E-state index in [1.807, 2.05) is 13.0 Å². The number of hydrogen-bond donors (Lipinski definition) is 2. The standard InChI is InChI=1S/C16H15NO4/c1-10-4-3-5-11(8-10)15(19)17-13-7-6-12(9-14(13)18)16(20)21-2/h3-9,18H,1-2H3,(H,17,19). The molecular weight excluding hydrogens is 270 g/mol. The first-order chi connectivity index (χ1) is 10.0. The third-order valence-corrected chi connectivity index (χ3v) is 2.95. The van der Waals surface area contributed by atoms with Gasteiger partial charge in [0, 0.05) is 5.56 Å². The summed E-state index contributed by atoms with van der Waals surface area (Å²) >= 11 is 0. The largest absolute Gasteiger partial charge is 0.506 e. The summed E-state index contributed by atoms with van der Waals surface area (Å²) in [5, 5.41) is 12.5. The molecule has 21 heavy (non-hydrogen) atoms. The molecule has 0 unspecified atom stereocenters. The molecule has 0 aliphatic carbocycles. The first kappa shape index (κ1) is 14.6. The van der Waals surface area contributed by atoms with Crippen LogP contribution < -0.4 is 5.32 Å². The minimum atomic E-state index is -0.554. The number of ether oxygens (including phenoxy) is 1. The molecule has 5 nitrogen and oxygen atoms in total. The Morgan fingerprint density at radius 3 is 2.48 bits per heavy atom. The average Bonchev–Trinajstić information content (AvgIpc) is 2.48.